The van der Waals surface area contributed by atoms with Crippen LogP contribution in [0.25, 0.3) is 5.57 Å². The van der Waals surface area contributed by atoms with Gasteiger partial charge in [0.05, 0.1) is 0 Å². The molecular formula is C17H20O. The Hall–Kier alpha value is -1.89. The van der Waals surface area contributed by atoms with Crippen molar-refractivity contribution in [2.75, 3.05) is 0 Å². The number of hydrogen-bond acceptors (Lipinski definition) is 1. The number of carbonyl (C=O) groups excluding carboxylic acids is 1. The van der Waals surface area contributed by atoms with Crippen LogP contribution in [0.3, 0.4) is 0 Å². The van der Waals surface area contributed by atoms with Gasteiger partial charge in [0.2, 0.25) is 0 Å². The molecule has 1 aromatic carbocycles. The van der Waals surface area contributed by atoms with Gasteiger partial charge in [-0.2, -0.15) is 0 Å². The lowest BCUT2D eigenvalue weighted by molar-refractivity contribution is 0.101. The van der Waals surface area contributed by atoms with Crippen LogP contribution in [0, 0.1) is 0 Å². The third-order valence-corrected chi connectivity index (χ3v) is 2.90. The van der Waals surface area contributed by atoms with Crippen LogP contribution in [-0.4, -0.2) is 5.78 Å². The number of ketones is 1. The molecule has 0 spiro atoms. The van der Waals surface area contributed by atoms with Crippen LogP contribution in [0.1, 0.15) is 43.1 Å². The van der Waals surface area contributed by atoms with Crippen molar-refractivity contribution in [3.63, 3.8) is 0 Å². The predicted molar refractivity (Wildman–Crippen MR) is 78.7 cm³/mol. The van der Waals surface area contributed by atoms with E-state index in [0.29, 0.717) is 0 Å². The molecule has 0 aliphatic rings. The molecule has 0 saturated carbocycles. The summed E-state index contributed by atoms with van der Waals surface area (Å²) in [5.41, 5.74) is 4.23. The van der Waals surface area contributed by atoms with Gasteiger partial charge in [-0.25, -0.2) is 0 Å². The lowest BCUT2D eigenvalue weighted by Crippen LogP contribution is -1.93. The molecule has 0 heterocycles. The molecular weight excluding hydrogens is 220 g/mol. The quantitative estimate of drug-likeness (QED) is 0.533. The largest absolute Gasteiger partial charge is 0.295 e. The number of benzene rings is 1. The summed E-state index contributed by atoms with van der Waals surface area (Å²) in [7, 11) is 0. The van der Waals surface area contributed by atoms with Crippen molar-refractivity contribution >= 4 is 11.4 Å². The van der Waals surface area contributed by atoms with Crippen molar-refractivity contribution in [2.45, 2.75) is 27.2 Å². The molecule has 0 amide bonds. The van der Waals surface area contributed by atoms with E-state index in [9.17, 15) is 4.79 Å². The molecule has 0 saturated heterocycles. The zero-order chi connectivity index (χ0) is 13.5. The first-order valence-corrected chi connectivity index (χ1v) is 6.23. The van der Waals surface area contributed by atoms with Crippen molar-refractivity contribution in [3.8, 4) is 0 Å². The Bertz CT molecular complexity index is 487. The van der Waals surface area contributed by atoms with E-state index in [2.05, 4.69) is 19.6 Å². The molecule has 0 radical (unpaired) electrons. The zero-order valence-electron chi connectivity index (χ0n) is 11.4. The minimum absolute atomic E-state index is 0.0925. The Morgan fingerprint density at radius 3 is 2.17 bits per heavy atom. The van der Waals surface area contributed by atoms with E-state index in [1.165, 1.54) is 5.57 Å². The highest BCUT2D eigenvalue weighted by molar-refractivity contribution is 5.94. The minimum atomic E-state index is 0.0925. The number of Topliss-reactive ketones (excluding diaryl/α,β-unsaturated/α-hetero) is 1. The van der Waals surface area contributed by atoms with E-state index >= 15 is 0 Å². The monoisotopic (exact) mass is 240 g/mol. The molecule has 94 valence electrons. The molecule has 1 rings (SSSR count). The number of allylic oxidation sites excluding steroid dienone is 5. The minimum Gasteiger partial charge on any atom is -0.295 e. The lowest BCUT2D eigenvalue weighted by atomic mass is 9.96. The first kappa shape index (κ1) is 14.2. The lowest BCUT2D eigenvalue weighted by Gasteiger charge is -2.08. The maximum absolute atomic E-state index is 11.2. The molecule has 1 heteroatoms. The van der Waals surface area contributed by atoms with Crippen LogP contribution in [0.4, 0.5) is 0 Å². The highest BCUT2D eigenvalue weighted by Crippen LogP contribution is 2.23. The average Bonchev–Trinajstić information content (AvgIpc) is 2.39. The summed E-state index contributed by atoms with van der Waals surface area (Å²) < 4.78 is 0. The van der Waals surface area contributed by atoms with Crippen molar-refractivity contribution in [2.24, 2.45) is 0 Å². The second kappa shape index (κ2) is 6.75. The summed E-state index contributed by atoms with van der Waals surface area (Å²) in [6.07, 6.45) is 6.98. The fourth-order valence-electron chi connectivity index (χ4n) is 1.92. The van der Waals surface area contributed by atoms with Gasteiger partial charge in [-0.3, -0.25) is 4.79 Å². The fraction of sp³-hybridized carbons (Fsp3) is 0.235. The molecule has 0 aliphatic carbocycles. The van der Waals surface area contributed by atoms with Crippen molar-refractivity contribution in [1.29, 1.82) is 0 Å². The van der Waals surface area contributed by atoms with Gasteiger partial charge < -0.3 is 0 Å². The van der Waals surface area contributed by atoms with Gasteiger partial charge in [-0.15, -0.1) is 0 Å². The molecule has 0 aromatic heterocycles. The molecule has 0 aliphatic heterocycles. The number of rotatable bonds is 5. The second-order valence-electron chi connectivity index (χ2n) is 4.13. The zero-order valence-corrected chi connectivity index (χ0v) is 11.4. The number of carbonyl (C=O) groups is 1. The first-order valence-electron chi connectivity index (χ1n) is 6.23. The highest BCUT2D eigenvalue weighted by Gasteiger charge is 2.04. The molecule has 0 atom stereocenters. The van der Waals surface area contributed by atoms with Crippen LogP contribution in [0.2, 0.25) is 0 Å². The average molecular weight is 240 g/mol. The highest BCUT2D eigenvalue weighted by atomic mass is 16.1. The molecule has 0 fully saturated rings. The summed E-state index contributed by atoms with van der Waals surface area (Å²) in [6.45, 7) is 9.60. The first-order chi connectivity index (χ1) is 8.63. The molecule has 18 heavy (non-hydrogen) atoms. The van der Waals surface area contributed by atoms with Crippen LogP contribution < -0.4 is 0 Å². The fourth-order valence-corrected chi connectivity index (χ4v) is 1.92. The standard InChI is InChI=1S/C17H20O/c1-5-8-14(6-2)17(7-3)16-11-9-15(10-12-16)13(4)18/h5,7-12H,3,6H2,1-2,4H3/b8-5-,17-14+. The predicted octanol–water partition coefficient (Wildman–Crippen LogP) is 4.81. The summed E-state index contributed by atoms with van der Waals surface area (Å²) >= 11 is 0. The topological polar surface area (TPSA) is 17.1 Å². The van der Waals surface area contributed by atoms with Crippen LogP contribution in [-0.2, 0) is 0 Å². The van der Waals surface area contributed by atoms with Gasteiger partial charge in [-0.1, -0.05) is 56.0 Å². The third kappa shape index (κ3) is 3.30. The normalized spacial score (nSPS) is 12.4. The Kier molecular flexibility index (Phi) is 5.31. The van der Waals surface area contributed by atoms with Crippen LogP contribution in [0.15, 0.2) is 54.6 Å². The summed E-state index contributed by atoms with van der Waals surface area (Å²) in [5.74, 6) is 0.0925. The van der Waals surface area contributed by atoms with E-state index in [0.717, 1.165) is 23.1 Å². The summed E-state index contributed by atoms with van der Waals surface area (Å²) in [5, 5.41) is 0. The number of hydrogen-bond donors (Lipinski definition) is 0. The van der Waals surface area contributed by atoms with E-state index in [-0.39, 0.29) is 5.78 Å². The van der Waals surface area contributed by atoms with E-state index in [4.69, 9.17) is 0 Å². The summed E-state index contributed by atoms with van der Waals surface area (Å²) in [4.78, 5) is 11.2. The molecule has 1 aromatic rings. The van der Waals surface area contributed by atoms with Gasteiger partial charge in [0.15, 0.2) is 5.78 Å². The van der Waals surface area contributed by atoms with Crippen molar-refractivity contribution in [3.05, 3.63) is 65.8 Å². The van der Waals surface area contributed by atoms with Gasteiger partial charge in [0.1, 0.15) is 0 Å². The Labute approximate surface area is 110 Å². The van der Waals surface area contributed by atoms with Crippen molar-refractivity contribution in [1.82, 2.24) is 0 Å². The SMILES string of the molecule is C=C/C(=C(\C=C/C)CC)c1ccc(C(C)=O)cc1. The van der Waals surface area contributed by atoms with Crippen molar-refractivity contribution < 1.29 is 4.79 Å². The Morgan fingerprint density at radius 1 is 1.22 bits per heavy atom. The van der Waals surface area contributed by atoms with E-state index in [1.54, 1.807) is 6.92 Å². The Balaban J connectivity index is 3.24. The maximum Gasteiger partial charge on any atom is 0.159 e. The van der Waals surface area contributed by atoms with Crippen LogP contribution >= 0.6 is 0 Å². The third-order valence-electron chi connectivity index (χ3n) is 2.90. The maximum atomic E-state index is 11.2. The second-order valence-corrected chi connectivity index (χ2v) is 4.13. The van der Waals surface area contributed by atoms with Gasteiger partial charge in [0, 0.05) is 5.56 Å². The van der Waals surface area contributed by atoms with Gasteiger partial charge in [-0.05, 0) is 37.0 Å². The molecule has 0 unspecified atom stereocenters. The van der Waals surface area contributed by atoms with Gasteiger partial charge in [0.25, 0.3) is 0 Å². The molecule has 1 nitrogen and oxygen atoms in total. The van der Waals surface area contributed by atoms with Gasteiger partial charge >= 0.3 is 0 Å². The van der Waals surface area contributed by atoms with Crippen LogP contribution in [0.5, 0.6) is 0 Å². The van der Waals surface area contributed by atoms with E-state index in [1.807, 2.05) is 43.3 Å². The Morgan fingerprint density at radius 2 is 1.78 bits per heavy atom. The van der Waals surface area contributed by atoms with E-state index < -0.39 is 0 Å². The smallest absolute Gasteiger partial charge is 0.159 e. The summed E-state index contributed by atoms with van der Waals surface area (Å²) in [6, 6.07) is 7.69. The molecule has 0 bridgehead atoms. The molecule has 0 N–H and O–H groups in total.